The van der Waals surface area contributed by atoms with Crippen LogP contribution in [0.1, 0.15) is 35.6 Å². The van der Waals surface area contributed by atoms with Crippen LogP contribution in [-0.2, 0) is 13.0 Å². The van der Waals surface area contributed by atoms with E-state index >= 15 is 0 Å². The Hall–Kier alpha value is -2.30. The maximum absolute atomic E-state index is 12.4. The van der Waals surface area contributed by atoms with Crippen LogP contribution in [0.4, 0.5) is 11.4 Å². The van der Waals surface area contributed by atoms with Gasteiger partial charge in [0.15, 0.2) is 0 Å². The first kappa shape index (κ1) is 14.1. The predicted octanol–water partition coefficient (Wildman–Crippen LogP) is 2.61. The third kappa shape index (κ3) is 2.66. The first-order valence-corrected chi connectivity index (χ1v) is 6.80. The van der Waals surface area contributed by atoms with Crippen molar-refractivity contribution in [2.75, 3.05) is 11.1 Å². The van der Waals surface area contributed by atoms with Crippen molar-refractivity contribution in [2.45, 2.75) is 33.7 Å². The summed E-state index contributed by atoms with van der Waals surface area (Å²) in [5.41, 5.74) is 9.56. The highest BCUT2D eigenvalue weighted by atomic mass is 16.2. The van der Waals surface area contributed by atoms with E-state index in [1.807, 2.05) is 39.0 Å². The van der Waals surface area contributed by atoms with Gasteiger partial charge in [-0.25, -0.2) is 0 Å². The molecule has 20 heavy (non-hydrogen) atoms. The second kappa shape index (κ2) is 5.77. The number of amides is 1. The van der Waals surface area contributed by atoms with Gasteiger partial charge in [0.2, 0.25) is 0 Å². The van der Waals surface area contributed by atoms with E-state index in [-0.39, 0.29) is 5.91 Å². The van der Waals surface area contributed by atoms with Gasteiger partial charge < -0.3 is 11.1 Å². The summed E-state index contributed by atoms with van der Waals surface area (Å²) in [5, 5.41) is 7.26. The number of nitrogens with zero attached hydrogens (tertiary/aromatic N) is 2. The highest BCUT2D eigenvalue weighted by Crippen LogP contribution is 2.23. The molecule has 106 valence electrons. The predicted molar refractivity (Wildman–Crippen MR) is 80.8 cm³/mol. The molecule has 0 aliphatic heterocycles. The SMILES string of the molecule is CCc1cc(C(=O)Nc2c(C)cccc2N)n(CC)n1. The zero-order valence-corrected chi connectivity index (χ0v) is 12.1. The molecule has 0 saturated carbocycles. The van der Waals surface area contributed by atoms with Crippen molar-refractivity contribution in [1.29, 1.82) is 0 Å². The van der Waals surface area contributed by atoms with Gasteiger partial charge >= 0.3 is 0 Å². The minimum Gasteiger partial charge on any atom is -0.397 e. The number of hydrogen-bond acceptors (Lipinski definition) is 3. The number of rotatable bonds is 4. The van der Waals surface area contributed by atoms with Crippen molar-refractivity contribution in [2.24, 2.45) is 0 Å². The van der Waals surface area contributed by atoms with E-state index < -0.39 is 0 Å². The van der Waals surface area contributed by atoms with Crippen LogP contribution in [0.15, 0.2) is 24.3 Å². The molecule has 1 amide bonds. The third-order valence-electron chi connectivity index (χ3n) is 3.27. The van der Waals surface area contributed by atoms with Crippen LogP contribution in [0.5, 0.6) is 0 Å². The Labute approximate surface area is 118 Å². The Morgan fingerprint density at radius 2 is 2.15 bits per heavy atom. The second-order valence-corrected chi connectivity index (χ2v) is 4.68. The smallest absolute Gasteiger partial charge is 0.274 e. The first-order chi connectivity index (χ1) is 9.56. The molecular weight excluding hydrogens is 252 g/mol. The molecule has 0 aliphatic rings. The van der Waals surface area contributed by atoms with Crippen molar-refractivity contribution in [1.82, 2.24) is 9.78 Å². The van der Waals surface area contributed by atoms with E-state index in [1.165, 1.54) is 0 Å². The molecule has 0 radical (unpaired) electrons. The Bertz CT molecular complexity index is 611. The van der Waals surface area contributed by atoms with Gasteiger partial charge in [0.25, 0.3) is 5.91 Å². The zero-order valence-electron chi connectivity index (χ0n) is 12.1. The molecule has 0 saturated heterocycles. The summed E-state index contributed by atoms with van der Waals surface area (Å²) < 4.78 is 1.71. The van der Waals surface area contributed by atoms with E-state index in [2.05, 4.69) is 10.4 Å². The van der Waals surface area contributed by atoms with Gasteiger partial charge in [-0.1, -0.05) is 19.1 Å². The topological polar surface area (TPSA) is 72.9 Å². The van der Waals surface area contributed by atoms with Crippen LogP contribution in [0, 0.1) is 6.92 Å². The van der Waals surface area contributed by atoms with Crippen molar-refractivity contribution < 1.29 is 4.79 Å². The lowest BCUT2D eigenvalue weighted by molar-refractivity contribution is 0.101. The van der Waals surface area contributed by atoms with Crippen LogP contribution in [0.3, 0.4) is 0 Å². The standard InChI is InChI=1S/C15H20N4O/c1-4-11-9-13(19(5-2)18-11)15(20)17-14-10(3)7-6-8-12(14)16/h6-9H,4-5,16H2,1-3H3,(H,17,20). The van der Waals surface area contributed by atoms with Crippen LogP contribution in [-0.4, -0.2) is 15.7 Å². The summed E-state index contributed by atoms with van der Waals surface area (Å²) in [6.07, 6.45) is 0.805. The number of aromatic nitrogens is 2. The fourth-order valence-corrected chi connectivity index (χ4v) is 2.11. The molecule has 5 nitrogen and oxygen atoms in total. The number of nitrogens with two attached hydrogens (primary N) is 1. The molecular formula is C15H20N4O. The van der Waals surface area contributed by atoms with E-state index in [4.69, 9.17) is 5.73 Å². The van der Waals surface area contributed by atoms with E-state index in [0.717, 1.165) is 17.7 Å². The van der Waals surface area contributed by atoms with Gasteiger partial charge in [-0.2, -0.15) is 5.10 Å². The van der Waals surface area contributed by atoms with Crippen molar-refractivity contribution in [3.63, 3.8) is 0 Å². The molecule has 1 heterocycles. The lowest BCUT2D eigenvalue weighted by Gasteiger charge is -2.11. The first-order valence-electron chi connectivity index (χ1n) is 6.80. The van der Waals surface area contributed by atoms with Crippen molar-refractivity contribution in [3.8, 4) is 0 Å². The lowest BCUT2D eigenvalue weighted by atomic mass is 10.1. The normalized spacial score (nSPS) is 10.6. The molecule has 3 N–H and O–H groups in total. The molecule has 0 bridgehead atoms. The van der Waals surface area contributed by atoms with E-state index in [9.17, 15) is 4.79 Å². The van der Waals surface area contributed by atoms with Crippen LogP contribution in [0.2, 0.25) is 0 Å². The van der Waals surface area contributed by atoms with Crippen LogP contribution < -0.4 is 11.1 Å². The number of nitrogens with one attached hydrogen (secondary N) is 1. The fraction of sp³-hybridized carbons (Fsp3) is 0.333. The Kier molecular flexibility index (Phi) is 4.08. The van der Waals surface area contributed by atoms with Crippen LogP contribution >= 0.6 is 0 Å². The van der Waals surface area contributed by atoms with Gasteiger partial charge in [0.05, 0.1) is 17.1 Å². The number of nitrogen functional groups attached to an aromatic ring is 1. The number of aryl methyl sites for hydroxylation is 3. The molecule has 2 rings (SSSR count). The maximum atomic E-state index is 12.4. The molecule has 0 atom stereocenters. The quantitative estimate of drug-likeness (QED) is 0.840. The number of benzene rings is 1. The van der Waals surface area contributed by atoms with Crippen molar-refractivity contribution >= 4 is 17.3 Å². The minimum atomic E-state index is -0.181. The largest absolute Gasteiger partial charge is 0.397 e. The Balaban J connectivity index is 2.30. The summed E-state index contributed by atoms with van der Waals surface area (Å²) in [4.78, 5) is 12.4. The van der Waals surface area contributed by atoms with E-state index in [0.29, 0.717) is 23.6 Å². The number of carbonyl (C=O) groups is 1. The molecule has 0 spiro atoms. The number of anilines is 2. The van der Waals surface area contributed by atoms with Gasteiger partial charge in [0, 0.05) is 6.54 Å². The summed E-state index contributed by atoms with van der Waals surface area (Å²) >= 11 is 0. The molecule has 0 fully saturated rings. The number of hydrogen-bond donors (Lipinski definition) is 2. The highest BCUT2D eigenvalue weighted by molar-refractivity contribution is 6.05. The summed E-state index contributed by atoms with van der Waals surface area (Å²) in [6.45, 7) is 6.56. The monoisotopic (exact) mass is 272 g/mol. The molecule has 1 aromatic heterocycles. The zero-order chi connectivity index (χ0) is 14.7. The third-order valence-corrected chi connectivity index (χ3v) is 3.27. The lowest BCUT2D eigenvalue weighted by Crippen LogP contribution is -2.18. The average Bonchev–Trinajstić information content (AvgIpc) is 2.86. The number of carbonyl (C=O) groups excluding carboxylic acids is 1. The van der Waals surface area contributed by atoms with Gasteiger partial charge in [-0.3, -0.25) is 9.48 Å². The summed E-state index contributed by atoms with van der Waals surface area (Å²) in [5.74, 6) is -0.181. The molecule has 2 aromatic rings. The average molecular weight is 272 g/mol. The Morgan fingerprint density at radius 1 is 1.40 bits per heavy atom. The molecule has 1 aromatic carbocycles. The minimum absolute atomic E-state index is 0.181. The van der Waals surface area contributed by atoms with Crippen LogP contribution in [0.25, 0.3) is 0 Å². The Morgan fingerprint density at radius 3 is 2.75 bits per heavy atom. The van der Waals surface area contributed by atoms with Crippen molar-refractivity contribution in [3.05, 3.63) is 41.2 Å². The highest BCUT2D eigenvalue weighted by Gasteiger charge is 2.15. The van der Waals surface area contributed by atoms with E-state index in [1.54, 1.807) is 10.7 Å². The second-order valence-electron chi connectivity index (χ2n) is 4.68. The van der Waals surface area contributed by atoms with Gasteiger partial charge in [-0.05, 0) is 38.0 Å². The van der Waals surface area contributed by atoms with Gasteiger partial charge in [-0.15, -0.1) is 0 Å². The maximum Gasteiger partial charge on any atom is 0.274 e. The fourth-order valence-electron chi connectivity index (χ4n) is 2.11. The summed E-state index contributed by atoms with van der Waals surface area (Å²) in [7, 11) is 0. The molecule has 5 heteroatoms. The molecule has 0 unspecified atom stereocenters. The van der Waals surface area contributed by atoms with Gasteiger partial charge in [0.1, 0.15) is 5.69 Å². The molecule has 0 aliphatic carbocycles. The number of para-hydroxylation sites is 1. The summed E-state index contributed by atoms with van der Waals surface area (Å²) in [6, 6.07) is 7.39.